The second-order valence-corrected chi connectivity index (χ2v) is 4.62. The van der Waals surface area contributed by atoms with Crippen LogP contribution in [0.5, 0.6) is 5.75 Å². The van der Waals surface area contributed by atoms with Crippen molar-refractivity contribution in [2.24, 2.45) is 0 Å². The van der Waals surface area contributed by atoms with Gasteiger partial charge < -0.3 is 10.5 Å². The SMILES string of the molecule is CCOc1ccccc1-c1cc(N)nc(C(C)C)n1. The van der Waals surface area contributed by atoms with E-state index in [2.05, 4.69) is 9.97 Å². The molecule has 0 aliphatic heterocycles. The van der Waals surface area contributed by atoms with Crippen LogP contribution in [-0.2, 0) is 0 Å². The highest BCUT2D eigenvalue weighted by atomic mass is 16.5. The summed E-state index contributed by atoms with van der Waals surface area (Å²) < 4.78 is 5.63. The Morgan fingerprint density at radius 3 is 2.63 bits per heavy atom. The predicted molar refractivity (Wildman–Crippen MR) is 77.1 cm³/mol. The Kier molecular flexibility index (Phi) is 4.00. The summed E-state index contributed by atoms with van der Waals surface area (Å²) in [5.74, 6) is 2.29. The largest absolute Gasteiger partial charge is 0.493 e. The van der Waals surface area contributed by atoms with Crippen LogP contribution >= 0.6 is 0 Å². The summed E-state index contributed by atoms with van der Waals surface area (Å²) in [6.45, 7) is 6.68. The molecular weight excluding hydrogens is 238 g/mol. The summed E-state index contributed by atoms with van der Waals surface area (Å²) in [5.41, 5.74) is 7.62. The Balaban J connectivity index is 2.52. The molecule has 4 nitrogen and oxygen atoms in total. The number of nitrogen functional groups attached to an aromatic ring is 1. The summed E-state index contributed by atoms with van der Waals surface area (Å²) in [6.07, 6.45) is 0. The molecule has 0 amide bonds. The second-order valence-electron chi connectivity index (χ2n) is 4.62. The van der Waals surface area contributed by atoms with Gasteiger partial charge in [0.05, 0.1) is 12.3 Å². The predicted octanol–water partition coefficient (Wildman–Crippen LogP) is 3.25. The molecule has 0 fully saturated rings. The first-order valence-electron chi connectivity index (χ1n) is 6.48. The van der Waals surface area contributed by atoms with Crippen molar-refractivity contribution in [1.29, 1.82) is 0 Å². The smallest absolute Gasteiger partial charge is 0.133 e. The van der Waals surface area contributed by atoms with Gasteiger partial charge in [-0.3, -0.25) is 0 Å². The van der Waals surface area contributed by atoms with E-state index in [4.69, 9.17) is 10.5 Å². The van der Waals surface area contributed by atoms with Crippen molar-refractivity contribution >= 4 is 5.82 Å². The number of nitrogens with zero attached hydrogens (tertiary/aromatic N) is 2. The van der Waals surface area contributed by atoms with E-state index in [0.717, 1.165) is 22.8 Å². The van der Waals surface area contributed by atoms with Crippen molar-refractivity contribution in [2.75, 3.05) is 12.3 Å². The molecule has 0 atom stereocenters. The molecular formula is C15H19N3O. The van der Waals surface area contributed by atoms with E-state index < -0.39 is 0 Å². The van der Waals surface area contributed by atoms with E-state index in [1.54, 1.807) is 6.07 Å². The molecule has 1 aromatic carbocycles. The Morgan fingerprint density at radius 1 is 1.21 bits per heavy atom. The first-order valence-corrected chi connectivity index (χ1v) is 6.48. The van der Waals surface area contributed by atoms with Crippen LogP contribution in [0.1, 0.15) is 32.5 Å². The lowest BCUT2D eigenvalue weighted by Crippen LogP contribution is -2.03. The Bertz CT molecular complexity index is 567. The Labute approximate surface area is 113 Å². The van der Waals surface area contributed by atoms with Crippen LogP contribution in [0.3, 0.4) is 0 Å². The molecule has 2 N–H and O–H groups in total. The Morgan fingerprint density at radius 2 is 1.95 bits per heavy atom. The van der Waals surface area contributed by atoms with Gasteiger partial charge in [0, 0.05) is 17.5 Å². The van der Waals surface area contributed by atoms with Gasteiger partial charge >= 0.3 is 0 Å². The number of aromatic nitrogens is 2. The molecule has 0 bridgehead atoms. The van der Waals surface area contributed by atoms with E-state index in [-0.39, 0.29) is 5.92 Å². The monoisotopic (exact) mass is 257 g/mol. The first kappa shape index (κ1) is 13.3. The van der Waals surface area contributed by atoms with Gasteiger partial charge in [0.1, 0.15) is 17.4 Å². The summed E-state index contributed by atoms with van der Waals surface area (Å²) in [7, 11) is 0. The van der Waals surface area contributed by atoms with E-state index in [9.17, 15) is 0 Å². The van der Waals surface area contributed by atoms with Gasteiger partial charge in [-0.05, 0) is 19.1 Å². The highest BCUT2D eigenvalue weighted by Crippen LogP contribution is 2.30. The zero-order chi connectivity index (χ0) is 13.8. The maximum atomic E-state index is 5.87. The minimum Gasteiger partial charge on any atom is -0.493 e. The van der Waals surface area contributed by atoms with Gasteiger partial charge in [0.2, 0.25) is 0 Å². The molecule has 0 radical (unpaired) electrons. The highest BCUT2D eigenvalue weighted by molar-refractivity contribution is 5.68. The third-order valence-corrected chi connectivity index (χ3v) is 2.74. The van der Waals surface area contributed by atoms with Gasteiger partial charge in [-0.25, -0.2) is 9.97 Å². The minimum atomic E-state index is 0.238. The lowest BCUT2D eigenvalue weighted by Gasteiger charge is -2.12. The van der Waals surface area contributed by atoms with Crippen molar-refractivity contribution < 1.29 is 4.74 Å². The second kappa shape index (κ2) is 5.69. The third-order valence-electron chi connectivity index (χ3n) is 2.74. The maximum Gasteiger partial charge on any atom is 0.133 e. The van der Waals surface area contributed by atoms with Crippen LogP contribution in [-0.4, -0.2) is 16.6 Å². The number of hydrogen-bond acceptors (Lipinski definition) is 4. The van der Waals surface area contributed by atoms with E-state index in [0.29, 0.717) is 12.4 Å². The van der Waals surface area contributed by atoms with Gasteiger partial charge in [0.25, 0.3) is 0 Å². The number of rotatable bonds is 4. The topological polar surface area (TPSA) is 61.0 Å². The molecule has 0 aliphatic rings. The fourth-order valence-corrected chi connectivity index (χ4v) is 1.84. The standard InChI is InChI=1S/C15H19N3O/c1-4-19-13-8-6-5-7-11(13)12-9-14(16)18-15(17-12)10(2)3/h5-10H,4H2,1-3H3,(H2,16,17,18). The molecule has 0 saturated carbocycles. The van der Waals surface area contributed by atoms with Crippen LogP contribution in [0.4, 0.5) is 5.82 Å². The number of benzene rings is 1. The molecule has 0 aliphatic carbocycles. The quantitative estimate of drug-likeness (QED) is 0.913. The normalized spacial score (nSPS) is 10.7. The van der Waals surface area contributed by atoms with Crippen molar-refractivity contribution in [2.45, 2.75) is 26.7 Å². The molecule has 4 heteroatoms. The molecule has 0 spiro atoms. The highest BCUT2D eigenvalue weighted by Gasteiger charge is 2.11. The molecule has 19 heavy (non-hydrogen) atoms. The van der Waals surface area contributed by atoms with E-state index in [1.807, 2.05) is 45.0 Å². The van der Waals surface area contributed by atoms with E-state index >= 15 is 0 Å². The molecule has 2 rings (SSSR count). The average molecular weight is 257 g/mol. The fraction of sp³-hybridized carbons (Fsp3) is 0.333. The van der Waals surface area contributed by atoms with Gasteiger partial charge in [-0.15, -0.1) is 0 Å². The molecule has 2 aromatic rings. The van der Waals surface area contributed by atoms with Gasteiger partial charge in [0.15, 0.2) is 0 Å². The molecule has 1 heterocycles. The fourth-order valence-electron chi connectivity index (χ4n) is 1.84. The van der Waals surface area contributed by atoms with Crippen molar-refractivity contribution in [3.05, 3.63) is 36.2 Å². The molecule has 1 aromatic heterocycles. The number of hydrogen-bond donors (Lipinski definition) is 1. The Hall–Kier alpha value is -2.10. The van der Waals surface area contributed by atoms with Crippen LogP contribution in [0.25, 0.3) is 11.3 Å². The van der Waals surface area contributed by atoms with Crippen LogP contribution in [0.2, 0.25) is 0 Å². The van der Waals surface area contributed by atoms with Gasteiger partial charge in [-0.1, -0.05) is 26.0 Å². The maximum absolute atomic E-state index is 5.87. The van der Waals surface area contributed by atoms with Crippen LogP contribution in [0, 0.1) is 0 Å². The lowest BCUT2D eigenvalue weighted by atomic mass is 10.1. The molecule has 0 unspecified atom stereocenters. The lowest BCUT2D eigenvalue weighted by molar-refractivity contribution is 0.341. The molecule has 0 saturated heterocycles. The number of para-hydroxylation sites is 1. The minimum absolute atomic E-state index is 0.238. The number of ether oxygens (including phenoxy) is 1. The molecule has 100 valence electrons. The van der Waals surface area contributed by atoms with Crippen LogP contribution < -0.4 is 10.5 Å². The van der Waals surface area contributed by atoms with Crippen LogP contribution in [0.15, 0.2) is 30.3 Å². The first-order chi connectivity index (χ1) is 9.11. The van der Waals surface area contributed by atoms with E-state index in [1.165, 1.54) is 0 Å². The van der Waals surface area contributed by atoms with Crippen molar-refractivity contribution in [3.8, 4) is 17.0 Å². The summed E-state index contributed by atoms with van der Waals surface area (Å²) in [5, 5.41) is 0. The number of nitrogens with two attached hydrogens (primary N) is 1. The number of anilines is 1. The average Bonchev–Trinajstić information content (AvgIpc) is 2.39. The van der Waals surface area contributed by atoms with Gasteiger partial charge in [-0.2, -0.15) is 0 Å². The van der Waals surface area contributed by atoms with Crippen molar-refractivity contribution in [1.82, 2.24) is 9.97 Å². The summed E-state index contributed by atoms with van der Waals surface area (Å²) in [6, 6.07) is 9.61. The van der Waals surface area contributed by atoms with Crippen molar-refractivity contribution in [3.63, 3.8) is 0 Å². The third kappa shape index (κ3) is 3.02. The zero-order valence-electron chi connectivity index (χ0n) is 11.6. The summed E-state index contributed by atoms with van der Waals surface area (Å²) in [4.78, 5) is 8.84. The zero-order valence-corrected chi connectivity index (χ0v) is 11.6. The summed E-state index contributed by atoms with van der Waals surface area (Å²) >= 11 is 0.